The van der Waals surface area contributed by atoms with Crippen molar-refractivity contribution in [1.29, 1.82) is 0 Å². The maximum absolute atomic E-state index is 13.5. The van der Waals surface area contributed by atoms with E-state index in [4.69, 9.17) is 20.8 Å². The second kappa shape index (κ2) is 12.8. The van der Waals surface area contributed by atoms with Gasteiger partial charge < -0.3 is 14.5 Å². The van der Waals surface area contributed by atoms with E-state index < -0.39 is 0 Å². The SMILES string of the molecule is Cc1ccc(NC(=O)COc2ccc(Cl)cc2/C=C2\S/C(=N\N=C\c3cccs3)N(Cc3ccco3)C2=O)cc1. The Kier molecular flexibility index (Phi) is 8.80. The van der Waals surface area contributed by atoms with E-state index in [0.29, 0.717) is 37.9 Å². The van der Waals surface area contributed by atoms with Gasteiger partial charge in [0.05, 0.1) is 23.9 Å². The average molecular weight is 591 g/mol. The Morgan fingerprint density at radius 1 is 1.15 bits per heavy atom. The summed E-state index contributed by atoms with van der Waals surface area (Å²) < 4.78 is 11.3. The van der Waals surface area contributed by atoms with Gasteiger partial charge in [0.1, 0.15) is 11.5 Å². The quantitative estimate of drug-likeness (QED) is 0.131. The molecule has 0 aliphatic carbocycles. The van der Waals surface area contributed by atoms with Gasteiger partial charge in [-0.3, -0.25) is 14.5 Å². The molecule has 0 atom stereocenters. The Balaban J connectivity index is 1.35. The highest BCUT2D eigenvalue weighted by molar-refractivity contribution is 8.18. The van der Waals surface area contributed by atoms with Gasteiger partial charge in [-0.2, -0.15) is 5.10 Å². The summed E-state index contributed by atoms with van der Waals surface area (Å²) >= 11 is 8.99. The Labute approximate surface area is 244 Å². The number of thiophene rings is 1. The number of hydrogen-bond acceptors (Lipinski definition) is 8. The number of ether oxygens (including phenoxy) is 1. The van der Waals surface area contributed by atoms with Gasteiger partial charge in [-0.15, -0.1) is 16.4 Å². The summed E-state index contributed by atoms with van der Waals surface area (Å²) in [7, 11) is 0. The number of hydrogen-bond donors (Lipinski definition) is 1. The lowest BCUT2D eigenvalue weighted by Gasteiger charge is -2.13. The van der Waals surface area contributed by atoms with Crippen molar-refractivity contribution < 1.29 is 18.7 Å². The van der Waals surface area contributed by atoms with Crippen LogP contribution in [0.1, 0.15) is 21.8 Å². The molecule has 1 aliphatic heterocycles. The van der Waals surface area contributed by atoms with Crippen molar-refractivity contribution in [2.45, 2.75) is 13.5 Å². The Morgan fingerprint density at radius 2 is 2.00 bits per heavy atom. The first-order valence-corrected chi connectivity index (χ1v) is 14.2. The third kappa shape index (κ3) is 7.09. The molecule has 0 radical (unpaired) electrons. The highest BCUT2D eigenvalue weighted by atomic mass is 35.5. The lowest BCUT2D eigenvalue weighted by atomic mass is 10.2. The molecule has 8 nitrogen and oxygen atoms in total. The molecule has 2 amide bonds. The van der Waals surface area contributed by atoms with Gasteiger partial charge >= 0.3 is 0 Å². The normalized spacial score (nSPS) is 15.4. The van der Waals surface area contributed by atoms with Crippen LogP contribution in [0.25, 0.3) is 6.08 Å². The number of carbonyl (C=O) groups is 2. The average Bonchev–Trinajstić information content (AvgIpc) is 3.70. The van der Waals surface area contributed by atoms with Crippen molar-refractivity contribution in [3.05, 3.63) is 110 Å². The van der Waals surface area contributed by atoms with Crippen molar-refractivity contribution >= 4 is 69.7 Å². The molecule has 2 aromatic heterocycles. The van der Waals surface area contributed by atoms with E-state index in [1.807, 2.05) is 48.7 Å². The molecule has 4 aromatic rings. The van der Waals surface area contributed by atoms with E-state index in [1.54, 1.807) is 48.9 Å². The highest BCUT2D eigenvalue weighted by Crippen LogP contribution is 2.36. The fourth-order valence-electron chi connectivity index (χ4n) is 3.66. The predicted octanol–water partition coefficient (Wildman–Crippen LogP) is 6.83. The summed E-state index contributed by atoms with van der Waals surface area (Å²) in [6, 6.07) is 19.9. The number of rotatable bonds is 9. The van der Waals surface area contributed by atoms with Crippen LogP contribution in [0.3, 0.4) is 0 Å². The molecule has 11 heteroatoms. The first kappa shape index (κ1) is 27.4. The van der Waals surface area contributed by atoms with Crippen LogP contribution in [-0.4, -0.2) is 34.7 Å². The molecule has 1 N–H and O–H groups in total. The first-order valence-electron chi connectivity index (χ1n) is 12.1. The lowest BCUT2D eigenvalue weighted by molar-refractivity contribution is -0.122. The maximum Gasteiger partial charge on any atom is 0.267 e. The molecule has 202 valence electrons. The van der Waals surface area contributed by atoms with Crippen LogP contribution in [0.15, 0.2) is 97.9 Å². The lowest BCUT2D eigenvalue weighted by Crippen LogP contribution is -2.28. The van der Waals surface area contributed by atoms with E-state index in [9.17, 15) is 9.59 Å². The summed E-state index contributed by atoms with van der Waals surface area (Å²) in [6.45, 7) is 1.95. The molecule has 1 fully saturated rings. The first-order chi connectivity index (χ1) is 19.4. The molecule has 1 saturated heterocycles. The molecule has 0 bridgehead atoms. The number of benzene rings is 2. The van der Waals surface area contributed by atoms with Crippen LogP contribution in [0.5, 0.6) is 5.75 Å². The fraction of sp³-hybridized carbons (Fsp3) is 0.103. The van der Waals surface area contributed by atoms with Crippen molar-refractivity contribution in [3.63, 3.8) is 0 Å². The molecule has 0 unspecified atom stereocenters. The van der Waals surface area contributed by atoms with Gasteiger partial charge in [-0.1, -0.05) is 35.4 Å². The summed E-state index contributed by atoms with van der Waals surface area (Å²) in [5.74, 6) is 0.431. The maximum atomic E-state index is 13.5. The molecule has 2 aromatic carbocycles. The van der Waals surface area contributed by atoms with Crippen molar-refractivity contribution in [2.24, 2.45) is 10.2 Å². The second-order valence-corrected chi connectivity index (χ2v) is 11.0. The number of carbonyl (C=O) groups excluding carboxylic acids is 2. The van der Waals surface area contributed by atoms with E-state index in [0.717, 1.165) is 10.4 Å². The molecule has 3 heterocycles. The van der Waals surface area contributed by atoms with Gasteiger partial charge in [-0.05, 0) is 78.7 Å². The number of amides is 2. The van der Waals surface area contributed by atoms with Gasteiger partial charge in [0.15, 0.2) is 11.8 Å². The van der Waals surface area contributed by atoms with Gasteiger partial charge in [0.2, 0.25) is 0 Å². The zero-order valence-corrected chi connectivity index (χ0v) is 23.6. The molecule has 40 heavy (non-hydrogen) atoms. The van der Waals surface area contributed by atoms with Crippen molar-refractivity contribution in [2.75, 3.05) is 11.9 Å². The van der Waals surface area contributed by atoms with Crippen LogP contribution in [0.4, 0.5) is 5.69 Å². The smallest absolute Gasteiger partial charge is 0.267 e. The Hall–Kier alpha value is -4.12. The van der Waals surface area contributed by atoms with E-state index in [2.05, 4.69) is 15.5 Å². The van der Waals surface area contributed by atoms with E-state index in [-0.39, 0.29) is 25.0 Å². The largest absolute Gasteiger partial charge is 0.483 e. The second-order valence-electron chi connectivity index (χ2n) is 8.61. The van der Waals surface area contributed by atoms with Gasteiger partial charge in [0.25, 0.3) is 11.8 Å². The standard InChI is InChI=1S/C29H23ClN4O4S2/c1-19-6-9-22(10-7-19)32-27(35)18-38-25-11-8-21(30)14-20(25)15-26-28(36)34(17-23-4-2-12-37-23)29(40-26)33-31-16-24-5-3-13-39-24/h2-16H,17-18H2,1H3,(H,32,35)/b26-15-,31-16+,33-29-. The number of thioether (sulfide) groups is 1. The number of amidine groups is 1. The molecular formula is C29H23ClN4O4S2. The van der Waals surface area contributed by atoms with Crippen LogP contribution < -0.4 is 10.1 Å². The monoisotopic (exact) mass is 590 g/mol. The summed E-state index contributed by atoms with van der Waals surface area (Å²) in [5, 5.41) is 14.1. The number of aryl methyl sites for hydroxylation is 1. The number of anilines is 1. The Bertz CT molecular complexity index is 1580. The third-order valence-electron chi connectivity index (χ3n) is 5.61. The minimum Gasteiger partial charge on any atom is -0.483 e. The van der Waals surface area contributed by atoms with Crippen LogP contribution >= 0.6 is 34.7 Å². The minimum atomic E-state index is -0.314. The number of nitrogens with zero attached hydrogens (tertiary/aromatic N) is 3. The van der Waals surface area contributed by atoms with Gasteiger partial charge in [-0.25, -0.2) is 0 Å². The molecule has 1 aliphatic rings. The summed E-state index contributed by atoms with van der Waals surface area (Å²) in [5.41, 5.74) is 2.32. The van der Waals surface area contributed by atoms with E-state index in [1.165, 1.54) is 28.0 Å². The zero-order chi connectivity index (χ0) is 27.9. The molecule has 0 saturated carbocycles. The predicted molar refractivity (Wildman–Crippen MR) is 161 cm³/mol. The molecule has 5 rings (SSSR count). The van der Waals surface area contributed by atoms with E-state index >= 15 is 0 Å². The summed E-state index contributed by atoms with van der Waals surface area (Å²) in [6.07, 6.45) is 4.86. The molecule has 0 spiro atoms. The number of furan rings is 1. The fourth-order valence-corrected chi connectivity index (χ4v) is 5.35. The van der Waals surface area contributed by atoms with Gasteiger partial charge in [0, 0.05) is 21.2 Å². The minimum absolute atomic E-state index is 0.196. The van der Waals surface area contributed by atoms with Crippen molar-refractivity contribution in [3.8, 4) is 5.75 Å². The number of halogens is 1. The number of nitrogens with one attached hydrogen (secondary N) is 1. The van der Waals surface area contributed by atoms with Crippen LogP contribution in [0.2, 0.25) is 5.02 Å². The zero-order valence-electron chi connectivity index (χ0n) is 21.2. The summed E-state index contributed by atoms with van der Waals surface area (Å²) in [4.78, 5) is 28.8. The topological polar surface area (TPSA) is 96.5 Å². The Morgan fingerprint density at radius 3 is 2.75 bits per heavy atom. The molecular weight excluding hydrogens is 568 g/mol. The highest BCUT2D eigenvalue weighted by Gasteiger charge is 2.34. The van der Waals surface area contributed by atoms with Crippen LogP contribution in [-0.2, 0) is 16.1 Å². The third-order valence-corrected chi connectivity index (χ3v) is 7.65. The van der Waals surface area contributed by atoms with Crippen molar-refractivity contribution in [1.82, 2.24) is 4.90 Å². The van der Waals surface area contributed by atoms with Crippen LogP contribution in [0, 0.1) is 6.92 Å².